The van der Waals surface area contributed by atoms with E-state index < -0.39 is 11.7 Å². The molecule has 0 aliphatic heterocycles. The first kappa shape index (κ1) is 21.7. The van der Waals surface area contributed by atoms with Gasteiger partial charge in [0.25, 0.3) is 5.56 Å². The number of aromatic amines is 1. The predicted octanol–water partition coefficient (Wildman–Crippen LogP) is 2.34. The molecule has 0 radical (unpaired) electrons. The lowest BCUT2D eigenvalue weighted by Crippen LogP contribution is -2.23. The van der Waals surface area contributed by atoms with Crippen molar-refractivity contribution in [2.24, 2.45) is 0 Å². The molecule has 0 spiro atoms. The van der Waals surface area contributed by atoms with Crippen molar-refractivity contribution < 1.29 is 14.3 Å². The number of rotatable bonds is 13. The fourth-order valence-electron chi connectivity index (χ4n) is 2.90. The Hall–Kier alpha value is -2.55. The lowest BCUT2D eigenvalue weighted by atomic mass is 10.0. The van der Waals surface area contributed by atoms with E-state index in [1.807, 2.05) is 13.8 Å². The Kier molecular flexibility index (Phi) is 8.31. The quantitative estimate of drug-likeness (QED) is 0.535. The van der Waals surface area contributed by atoms with Gasteiger partial charge in [-0.15, -0.1) is 0 Å². The first-order valence-electron chi connectivity index (χ1n) is 9.80. The highest BCUT2D eigenvalue weighted by atomic mass is 16.5. The summed E-state index contributed by atoms with van der Waals surface area (Å²) in [5.41, 5.74) is 5.63. The summed E-state index contributed by atoms with van der Waals surface area (Å²) < 4.78 is 7.41. The Morgan fingerprint density at radius 1 is 1.18 bits per heavy atom. The number of nitrogens with one attached hydrogen (secondary N) is 1. The average Bonchev–Trinajstić information content (AvgIpc) is 3.05. The summed E-state index contributed by atoms with van der Waals surface area (Å²) in [6.07, 6.45) is 5.82. The van der Waals surface area contributed by atoms with Crippen molar-refractivity contribution in [3.8, 4) is 0 Å². The maximum atomic E-state index is 12.2. The van der Waals surface area contributed by atoms with Gasteiger partial charge in [0.05, 0.1) is 12.4 Å². The molecule has 28 heavy (non-hydrogen) atoms. The summed E-state index contributed by atoms with van der Waals surface area (Å²) in [6.45, 7) is 4.08. The Morgan fingerprint density at radius 3 is 2.36 bits per heavy atom. The fourth-order valence-corrected chi connectivity index (χ4v) is 2.90. The molecule has 2 aromatic heterocycles. The molecule has 0 aliphatic carbocycles. The number of H-pyrrole nitrogens is 1. The van der Waals surface area contributed by atoms with Gasteiger partial charge in [-0.1, -0.05) is 26.7 Å². The molecule has 0 saturated carbocycles. The smallest absolute Gasteiger partial charge is 0.280 e. The van der Waals surface area contributed by atoms with Crippen molar-refractivity contribution in [2.75, 3.05) is 5.73 Å². The van der Waals surface area contributed by atoms with Gasteiger partial charge in [0.1, 0.15) is 18.3 Å². The van der Waals surface area contributed by atoms with Crippen molar-refractivity contribution in [1.29, 1.82) is 0 Å². The molecule has 3 N–H and O–H groups in total. The predicted molar refractivity (Wildman–Crippen MR) is 106 cm³/mol. The number of carbonyl (C=O) groups is 2. The summed E-state index contributed by atoms with van der Waals surface area (Å²) in [5, 5.41) is 0. The van der Waals surface area contributed by atoms with Gasteiger partial charge in [0.15, 0.2) is 11.2 Å². The summed E-state index contributed by atoms with van der Waals surface area (Å²) in [7, 11) is 0. The normalized spacial score (nSPS) is 11.4. The zero-order chi connectivity index (χ0) is 20.5. The molecule has 2 rings (SSSR count). The van der Waals surface area contributed by atoms with Gasteiger partial charge in [-0.25, -0.2) is 4.98 Å². The number of hydrogen-bond donors (Lipinski definition) is 2. The van der Waals surface area contributed by atoms with Crippen LogP contribution in [0.25, 0.3) is 11.2 Å². The van der Waals surface area contributed by atoms with Crippen molar-refractivity contribution in [3.63, 3.8) is 0 Å². The van der Waals surface area contributed by atoms with E-state index in [1.165, 1.54) is 6.33 Å². The fraction of sp³-hybridized carbons (Fsp3) is 0.632. The largest absolute Gasteiger partial charge is 0.369 e. The van der Waals surface area contributed by atoms with Crippen LogP contribution in [0, 0.1) is 0 Å². The number of nitrogens with two attached hydrogens (primary N) is 1. The second-order valence-electron chi connectivity index (χ2n) is 6.95. The number of nitrogens with zero attached hydrogens (tertiary/aromatic N) is 3. The molecule has 154 valence electrons. The molecule has 0 aromatic carbocycles. The molecule has 2 heterocycles. The van der Waals surface area contributed by atoms with Gasteiger partial charge in [-0.2, -0.15) is 4.98 Å². The third-order valence-electron chi connectivity index (χ3n) is 4.47. The molecule has 0 bridgehead atoms. The van der Waals surface area contributed by atoms with Crippen LogP contribution in [0.1, 0.15) is 65.2 Å². The molecule has 0 amide bonds. The van der Waals surface area contributed by atoms with Crippen molar-refractivity contribution in [1.82, 2.24) is 19.5 Å². The van der Waals surface area contributed by atoms with Crippen LogP contribution in [0.3, 0.4) is 0 Å². The van der Waals surface area contributed by atoms with Crippen LogP contribution in [-0.4, -0.2) is 37.2 Å². The lowest BCUT2D eigenvalue weighted by molar-refractivity contribution is -0.127. The number of ketones is 2. The van der Waals surface area contributed by atoms with Crippen LogP contribution in [-0.2, 0) is 21.1 Å². The van der Waals surface area contributed by atoms with Crippen LogP contribution >= 0.6 is 0 Å². The summed E-state index contributed by atoms with van der Waals surface area (Å²) in [6, 6.07) is 0. The van der Waals surface area contributed by atoms with Crippen LogP contribution in [0.4, 0.5) is 5.95 Å². The number of fused-ring (bicyclic) bond motifs is 1. The molecule has 0 fully saturated rings. The summed E-state index contributed by atoms with van der Waals surface area (Å²) in [5.74, 6) is 0.161. The monoisotopic (exact) mass is 391 g/mol. The minimum absolute atomic E-state index is 0.0136. The van der Waals surface area contributed by atoms with E-state index in [2.05, 4.69) is 15.0 Å². The molecule has 2 aromatic rings. The maximum Gasteiger partial charge on any atom is 0.280 e. The number of Topliss-reactive ketones (excluding diaryl/α,β-unsaturated/α-hetero) is 2. The maximum absolute atomic E-state index is 12.2. The molecule has 9 heteroatoms. The minimum atomic E-state index is -0.509. The highest BCUT2D eigenvalue weighted by Gasteiger charge is 2.19. The second-order valence-corrected chi connectivity index (χ2v) is 6.95. The van der Waals surface area contributed by atoms with Gasteiger partial charge >= 0.3 is 0 Å². The number of aromatic nitrogens is 4. The topological polar surface area (TPSA) is 133 Å². The Morgan fingerprint density at radius 2 is 1.79 bits per heavy atom. The third kappa shape index (κ3) is 6.26. The SMILES string of the molecule is CCCCC(=O)CC(CC(=O)CCCC)OCn1cnc2c(=O)[nH]c(N)nc21. The Labute approximate surface area is 163 Å². The number of imidazole rings is 1. The number of nitrogen functional groups attached to an aromatic ring is 1. The molecule has 0 saturated heterocycles. The van der Waals surface area contributed by atoms with Gasteiger partial charge < -0.3 is 10.5 Å². The number of hydrogen-bond acceptors (Lipinski definition) is 7. The van der Waals surface area contributed by atoms with Crippen LogP contribution in [0.5, 0.6) is 0 Å². The first-order valence-corrected chi connectivity index (χ1v) is 9.80. The van der Waals surface area contributed by atoms with Gasteiger partial charge in [0, 0.05) is 25.7 Å². The first-order chi connectivity index (χ1) is 13.4. The van der Waals surface area contributed by atoms with E-state index in [9.17, 15) is 14.4 Å². The zero-order valence-electron chi connectivity index (χ0n) is 16.6. The highest BCUT2D eigenvalue weighted by molar-refractivity contribution is 5.82. The van der Waals surface area contributed by atoms with E-state index in [-0.39, 0.29) is 42.6 Å². The average molecular weight is 391 g/mol. The summed E-state index contributed by atoms with van der Waals surface area (Å²) in [4.78, 5) is 46.7. The number of anilines is 1. The van der Waals surface area contributed by atoms with Crippen molar-refractivity contribution in [3.05, 3.63) is 16.7 Å². The van der Waals surface area contributed by atoms with Crippen molar-refractivity contribution in [2.45, 2.75) is 78.0 Å². The van der Waals surface area contributed by atoms with Gasteiger partial charge in [-0.05, 0) is 12.8 Å². The van der Waals surface area contributed by atoms with Gasteiger partial charge in [0.2, 0.25) is 5.95 Å². The van der Waals surface area contributed by atoms with E-state index in [1.54, 1.807) is 4.57 Å². The molecule has 9 nitrogen and oxygen atoms in total. The molecular formula is C19H29N5O4. The minimum Gasteiger partial charge on any atom is -0.369 e. The standard InChI is InChI=1S/C19H29N5O4/c1-3-5-7-13(25)9-15(10-14(26)8-6-4-2)28-12-24-11-21-16-17(24)22-19(20)23-18(16)27/h11,15H,3-10,12H2,1-2H3,(H3,20,22,23,27). The second kappa shape index (κ2) is 10.7. The Bertz CT molecular complexity index is 836. The lowest BCUT2D eigenvalue weighted by Gasteiger charge is -2.17. The summed E-state index contributed by atoms with van der Waals surface area (Å²) >= 11 is 0. The third-order valence-corrected chi connectivity index (χ3v) is 4.47. The number of unbranched alkanes of at least 4 members (excludes halogenated alkanes) is 2. The number of ether oxygens (including phenoxy) is 1. The molecule has 0 aliphatic rings. The zero-order valence-corrected chi connectivity index (χ0v) is 16.6. The van der Waals surface area contributed by atoms with Crippen LogP contribution < -0.4 is 11.3 Å². The van der Waals surface area contributed by atoms with E-state index >= 15 is 0 Å². The molecular weight excluding hydrogens is 362 g/mol. The number of carbonyl (C=O) groups excluding carboxylic acids is 2. The molecule has 0 atom stereocenters. The van der Waals surface area contributed by atoms with E-state index in [4.69, 9.17) is 10.5 Å². The molecule has 0 unspecified atom stereocenters. The van der Waals surface area contributed by atoms with Crippen molar-refractivity contribution >= 4 is 28.7 Å². The van der Waals surface area contributed by atoms with Crippen LogP contribution in [0.15, 0.2) is 11.1 Å². The van der Waals surface area contributed by atoms with E-state index in [0.29, 0.717) is 18.5 Å². The Balaban J connectivity index is 2.07. The van der Waals surface area contributed by atoms with Crippen LogP contribution in [0.2, 0.25) is 0 Å². The van der Waals surface area contributed by atoms with Gasteiger partial charge in [-0.3, -0.25) is 23.9 Å². The van der Waals surface area contributed by atoms with E-state index in [0.717, 1.165) is 25.7 Å². The highest BCUT2D eigenvalue weighted by Crippen LogP contribution is 2.14.